The Morgan fingerprint density at radius 3 is 2.35 bits per heavy atom. The van der Waals surface area contributed by atoms with Crippen LogP contribution in [0.4, 0.5) is 0 Å². The topological polar surface area (TPSA) is 30.5 Å². The third-order valence-electron chi connectivity index (χ3n) is 3.78. The van der Waals surface area contributed by atoms with Crippen molar-refractivity contribution in [2.24, 2.45) is 0 Å². The summed E-state index contributed by atoms with van der Waals surface area (Å²) < 4.78 is 11.4. The van der Waals surface area contributed by atoms with Crippen LogP contribution < -0.4 is 14.8 Å². The Balaban J connectivity index is 2.16. The van der Waals surface area contributed by atoms with Gasteiger partial charge in [0.2, 0.25) is 0 Å². The van der Waals surface area contributed by atoms with Gasteiger partial charge in [0.15, 0.2) is 11.5 Å². The molecule has 0 aromatic heterocycles. The van der Waals surface area contributed by atoms with Crippen LogP contribution >= 0.6 is 0 Å². The fourth-order valence-electron chi connectivity index (χ4n) is 2.65. The smallest absolute Gasteiger partial charge is 0.166 e. The van der Waals surface area contributed by atoms with Crippen LogP contribution in [0.1, 0.15) is 44.4 Å². The average Bonchev–Trinajstić information content (AvgIpc) is 2.57. The molecule has 3 nitrogen and oxygen atoms in total. The van der Waals surface area contributed by atoms with Crippen LogP contribution in [0.5, 0.6) is 11.5 Å². The Kier molecular flexibility index (Phi) is 6.48. The number of ether oxygens (including phenoxy) is 2. The highest BCUT2D eigenvalue weighted by Gasteiger charge is 2.14. The third kappa shape index (κ3) is 4.73. The van der Waals surface area contributed by atoms with Gasteiger partial charge in [0.25, 0.3) is 0 Å². The van der Waals surface area contributed by atoms with Gasteiger partial charge in [-0.2, -0.15) is 0 Å². The molecule has 0 heterocycles. The van der Waals surface area contributed by atoms with Gasteiger partial charge in [0, 0.05) is 18.2 Å². The van der Waals surface area contributed by atoms with Crippen LogP contribution in [0.2, 0.25) is 0 Å². The zero-order valence-corrected chi connectivity index (χ0v) is 14.5. The first-order valence-corrected chi connectivity index (χ1v) is 8.26. The maximum Gasteiger partial charge on any atom is 0.166 e. The Labute approximate surface area is 139 Å². The second-order valence-corrected chi connectivity index (χ2v) is 5.87. The van der Waals surface area contributed by atoms with E-state index in [0.29, 0.717) is 6.04 Å². The molecule has 1 N–H and O–H groups in total. The van der Waals surface area contributed by atoms with E-state index in [1.807, 2.05) is 32.0 Å². The summed E-state index contributed by atoms with van der Waals surface area (Å²) in [5, 5.41) is 3.63. The molecule has 0 radical (unpaired) electrons. The minimum absolute atomic E-state index is 0.112. The molecule has 0 bridgehead atoms. The molecule has 0 aliphatic carbocycles. The summed E-state index contributed by atoms with van der Waals surface area (Å²) >= 11 is 0. The number of para-hydroxylation sites is 1. The van der Waals surface area contributed by atoms with Gasteiger partial charge in [-0.15, -0.1) is 0 Å². The van der Waals surface area contributed by atoms with Crippen molar-refractivity contribution in [1.82, 2.24) is 5.32 Å². The molecular formula is C20H27NO2. The lowest BCUT2D eigenvalue weighted by atomic mass is 10.0. The average molecular weight is 313 g/mol. The molecular weight excluding hydrogens is 286 g/mol. The SMILES string of the molecule is CCC(NCc1cccc(OC)c1OC(C)C)c1ccccc1. The van der Waals surface area contributed by atoms with E-state index in [2.05, 4.69) is 42.6 Å². The molecule has 2 rings (SSSR count). The van der Waals surface area contributed by atoms with Gasteiger partial charge >= 0.3 is 0 Å². The van der Waals surface area contributed by atoms with Crippen molar-refractivity contribution < 1.29 is 9.47 Å². The Morgan fingerprint density at radius 1 is 1.00 bits per heavy atom. The van der Waals surface area contributed by atoms with E-state index in [1.54, 1.807) is 7.11 Å². The molecule has 2 aromatic carbocycles. The Bertz CT molecular complexity index is 596. The third-order valence-corrected chi connectivity index (χ3v) is 3.78. The van der Waals surface area contributed by atoms with Crippen molar-refractivity contribution in [3.05, 3.63) is 59.7 Å². The number of methoxy groups -OCH3 is 1. The second kappa shape index (κ2) is 8.59. The van der Waals surface area contributed by atoms with E-state index >= 15 is 0 Å². The van der Waals surface area contributed by atoms with E-state index in [-0.39, 0.29) is 6.10 Å². The Morgan fingerprint density at radius 2 is 1.74 bits per heavy atom. The lowest BCUT2D eigenvalue weighted by molar-refractivity contribution is 0.227. The number of hydrogen-bond acceptors (Lipinski definition) is 3. The second-order valence-electron chi connectivity index (χ2n) is 5.87. The molecule has 3 heteroatoms. The molecule has 23 heavy (non-hydrogen) atoms. The summed E-state index contributed by atoms with van der Waals surface area (Å²) in [6, 6.07) is 16.9. The van der Waals surface area contributed by atoms with E-state index in [9.17, 15) is 0 Å². The van der Waals surface area contributed by atoms with Crippen LogP contribution in [0, 0.1) is 0 Å². The van der Waals surface area contributed by atoms with E-state index in [1.165, 1.54) is 5.56 Å². The fraction of sp³-hybridized carbons (Fsp3) is 0.400. The first-order chi connectivity index (χ1) is 11.2. The standard InChI is InChI=1S/C20H27NO2/c1-5-18(16-10-7-6-8-11-16)21-14-17-12-9-13-19(22-4)20(17)23-15(2)3/h6-13,15,18,21H,5,14H2,1-4H3. The zero-order valence-electron chi connectivity index (χ0n) is 14.5. The summed E-state index contributed by atoms with van der Waals surface area (Å²) in [7, 11) is 1.68. The highest BCUT2D eigenvalue weighted by Crippen LogP contribution is 2.32. The number of benzene rings is 2. The number of rotatable bonds is 8. The first-order valence-electron chi connectivity index (χ1n) is 8.26. The van der Waals surface area contributed by atoms with Gasteiger partial charge in [0.1, 0.15) is 0 Å². The summed E-state index contributed by atoms with van der Waals surface area (Å²) in [6.45, 7) is 7.00. The predicted molar refractivity (Wildman–Crippen MR) is 95.1 cm³/mol. The van der Waals surface area contributed by atoms with Gasteiger partial charge in [-0.05, 0) is 31.9 Å². The largest absolute Gasteiger partial charge is 0.493 e. The minimum Gasteiger partial charge on any atom is -0.493 e. The molecule has 0 amide bonds. The quantitative estimate of drug-likeness (QED) is 0.764. The molecule has 124 valence electrons. The number of hydrogen-bond donors (Lipinski definition) is 1. The molecule has 0 saturated carbocycles. The lowest BCUT2D eigenvalue weighted by Crippen LogP contribution is -2.21. The normalized spacial score (nSPS) is 12.2. The summed E-state index contributed by atoms with van der Waals surface area (Å²) in [4.78, 5) is 0. The van der Waals surface area contributed by atoms with E-state index in [4.69, 9.17) is 9.47 Å². The Hall–Kier alpha value is -2.00. The number of nitrogens with one attached hydrogen (secondary N) is 1. The molecule has 0 fully saturated rings. The summed E-state index contributed by atoms with van der Waals surface area (Å²) in [5.74, 6) is 1.62. The molecule has 0 aliphatic rings. The first kappa shape index (κ1) is 17.4. The van der Waals surface area contributed by atoms with Crippen molar-refractivity contribution in [3.8, 4) is 11.5 Å². The van der Waals surface area contributed by atoms with Crippen molar-refractivity contribution in [3.63, 3.8) is 0 Å². The van der Waals surface area contributed by atoms with Crippen molar-refractivity contribution in [1.29, 1.82) is 0 Å². The molecule has 0 aliphatic heterocycles. The van der Waals surface area contributed by atoms with Crippen molar-refractivity contribution in [2.75, 3.05) is 7.11 Å². The lowest BCUT2D eigenvalue weighted by Gasteiger charge is -2.21. The fourth-order valence-corrected chi connectivity index (χ4v) is 2.65. The van der Waals surface area contributed by atoms with Crippen molar-refractivity contribution >= 4 is 0 Å². The van der Waals surface area contributed by atoms with Gasteiger partial charge in [0.05, 0.1) is 13.2 Å². The van der Waals surface area contributed by atoms with Gasteiger partial charge in [-0.1, -0.05) is 49.4 Å². The van der Waals surface area contributed by atoms with Crippen LogP contribution in [-0.4, -0.2) is 13.2 Å². The van der Waals surface area contributed by atoms with Crippen LogP contribution in [-0.2, 0) is 6.54 Å². The van der Waals surface area contributed by atoms with Crippen molar-refractivity contribution in [2.45, 2.75) is 45.9 Å². The van der Waals surface area contributed by atoms with E-state index in [0.717, 1.165) is 30.0 Å². The summed E-state index contributed by atoms with van der Waals surface area (Å²) in [5.41, 5.74) is 2.43. The van der Waals surface area contributed by atoms with E-state index < -0.39 is 0 Å². The molecule has 1 atom stereocenters. The van der Waals surface area contributed by atoms with Gasteiger partial charge in [-0.25, -0.2) is 0 Å². The van der Waals surface area contributed by atoms with Crippen LogP contribution in [0.25, 0.3) is 0 Å². The predicted octanol–water partition coefficient (Wildman–Crippen LogP) is 4.72. The zero-order chi connectivity index (χ0) is 16.7. The van der Waals surface area contributed by atoms with Crippen LogP contribution in [0.15, 0.2) is 48.5 Å². The maximum absolute atomic E-state index is 5.97. The minimum atomic E-state index is 0.112. The molecule has 1 unspecified atom stereocenters. The maximum atomic E-state index is 5.97. The molecule has 2 aromatic rings. The highest BCUT2D eigenvalue weighted by atomic mass is 16.5. The molecule has 0 spiro atoms. The molecule has 0 saturated heterocycles. The summed E-state index contributed by atoms with van der Waals surface area (Å²) in [6.07, 6.45) is 1.15. The van der Waals surface area contributed by atoms with Crippen LogP contribution in [0.3, 0.4) is 0 Å². The van der Waals surface area contributed by atoms with Gasteiger partial charge < -0.3 is 14.8 Å². The van der Waals surface area contributed by atoms with Gasteiger partial charge in [-0.3, -0.25) is 0 Å². The highest BCUT2D eigenvalue weighted by molar-refractivity contribution is 5.46. The monoisotopic (exact) mass is 313 g/mol.